The average molecular weight is 266 g/mol. The molecule has 0 saturated heterocycles. The summed E-state index contributed by atoms with van der Waals surface area (Å²) in [7, 11) is 3.24. The van der Waals surface area contributed by atoms with Crippen LogP contribution in [0.5, 0.6) is 11.5 Å². The molecule has 0 aliphatic carbocycles. The van der Waals surface area contributed by atoms with Crippen LogP contribution in [0, 0.1) is 0 Å². The molecule has 0 spiro atoms. The Morgan fingerprint density at radius 1 is 1.16 bits per heavy atom. The van der Waals surface area contributed by atoms with Crippen LogP contribution in [-0.2, 0) is 4.79 Å². The van der Waals surface area contributed by atoms with E-state index in [1.165, 1.54) is 28.0 Å². The average Bonchev–Trinajstić information content (AvgIpc) is 2.37. The van der Waals surface area contributed by atoms with E-state index in [2.05, 4.69) is 0 Å². The molecule has 2 N–H and O–H groups in total. The van der Waals surface area contributed by atoms with E-state index in [1.807, 2.05) is 0 Å². The monoisotopic (exact) mass is 266 g/mol. The first-order valence-corrected chi connectivity index (χ1v) is 5.88. The zero-order valence-corrected chi connectivity index (χ0v) is 11.3. The third-order valence-corrected chi connectivity index (χ3v) is 2.72. The van der Waals surface area contributed by atoms with Crippen LogP contribution >= 0.6 is 0 Å². The lowest BCUT2D eigenvalue weighted by molar-refractivity contribution is -0.129. The summed E-state index contributed by atoms with van der Waals surface area (Å²) in [6.07, 6.45) is 0. The van der Waals surface area contributed by atoms with Crippen molar-refractivity contribution in [2.75, 3.05) is 27.2 Å². The third-order valence-electron chi connectivity index (χ3n) is 2.72. The molecule has 6 nitrogen and oxygen atoms in total. The van der Waals surface area contributed by atoms with E-state index >= 15 is 0 Å². The highest BCUT2D eigenvalue weighted by atomic mass is 16.3. The Hall–Kier alpha value is -2.24. The van der Waals surface area contributed by atoms with Crippen LogP contribution < -0.4 is 0 Å². The lowest BCUT2D eigenvalue weighted by Gasteiger charge is -2.22. The number of carbonyl (C=O) groups excluding carboxylic acids is 2. The number of phenolic OH excluding ortho intramolecular Hbond substituents is 2. The third kappa shape index (κ3) is 3.61. The molecular weight excluding hydrogens is 248 g/mol. The summed E-state index contributed by atoms with van der Waals surface area (Å²) < 4.78 is 0. The molecule has 0 aliphatic heterocycles. The Morgan fingerprint density at radius 2 is 1.79 bits per heavy atom. The molecule has 1 aromatic rings. The van der Waals surface area contributed by atoms with Crippen LogP contribution in [0.1, 0.15) is 17.3 Å². The highest BCUT2D eigenvalue weighted by molar-refractivity contribution is 5.97. The molecule has 0 aromatic heterocycles. The van der Waals surface area contributed by atoms with Crippen molar-refractivity contribution in [2.24, 2.45) is 0 Å². The summed E-state index contributed by atoms with van der Waals surface area (Å²) in [4.78, 5) is 26.5. The second-order valence-corrected chi connectivity index (χ2v) is 4.31. The summed E-state index contributed by atoms with van der Waals surface area (Å²) in [6, 6.07) is 3.82. The van der Waals surface area contributed by atoms with Gasteiger partial charge in [-0.1, -0.05) is 0 Å². The lowest BCUT2D eigenvalue weighted by atomic mass is 10.1. The molecule has 19 heavy (non-hydrogen) atoms. The Balaban J connectivity index is 2.89. The smallest absolute Gasteiger partial charge is 0.254 e. The van der Waals surface area contributed by atoms with Crippen molar-refractivity contribution in [3.8, 4) is 11.5 Å². The molecule has 1 aromatic carbocycles. The SMILES string of the molecule is CCN(CC(=O)N(C)C)C(=O)c1ccc(O)c(O)c1. The van der Waals surface area contributed by atoms with Gasteiger partial charge >= 0.3 is 0 Å². The van der Waals surface area contributed by atoms with Crippen LogP contribution in [0.15, 0.2) is 18.2 Å². The second kappa shape index (κ2) is 6.08. The number of nitrogens with zero attached hydrogens (tertiary/aromatic N) is 2. The summed E-state index contributed by atoms with van der Waals surface area (Å²) >= 11 is 0. The summed E-state index contributed by atoms with van der Waals surface area (Å²) in [5.41, 5.74) is 0.226. The van der Waals surface area contributed by atoms with E-state index in [0.29, 0.717) is 6.54 Å². The van der Waals surface area contributed by atoms with Gasteiger partial charge in [-0.25, -0.2) is 0 Å². The van der Waals surface area contributed by atoms with Crippen LogP contribution in [0.4, 0.5) is 0 Å². The Kier molecular flexibility index (Phi) is 4.74. The molecule has 0 bridgehead atoms. The first-order chi connectivity index (χ1) is 8.86. The topological polar surface area (TPSA) is 81.1 Å². The van der Waals surface area contributed by atoms with Crippen molar-refractivity contribution < 1.29 is 19.8 Å². The fourth-order valence-corrected chi connectivity index (χ4v) is 1.47. The second-order valence-electron chi connectivity index (χ2n) is 4.31. The zero-order valence-electron chi connectivity index (χ0n) is 11.3. The lowest BCUT2D eigenvalue weighted by Crippen LogP contribution is -2.40. The molecule has 0 saturated carbocycles. The van der Waals surface area contributed by atoms with Gasteiger partial charge in [0.2, 0.25) is 5.91 Å². The number of carbonyl (C=O) groups is 2. The van der Waals surface area contributed by atoms with E-state index in [9.17, 15) is 19.8 Å². The molecule has 0 heterocycles. The number of aromatic hydroxyl groups is 2. The highest BCUT2D eigenvalue weighted by Gasteiger charge is 2.19. The number of hydrogen-bond donors (Lipinski definition) is 2. The van der Waals surface area contributed by atoms with Crippen molar-refractivity contribution in [2.45, 2.75) is 6.92 Å². The van der Waals surface area contributed by atoms with Crippen LogP contribution in [0.3, 0.4) is 0 Å². The molecule has 0 atom stereocenters. The van der Waals surface area contributed by atoms with E-state index < -0.39 is 0 Å². The predicted octanol–water partition coefficient (Wildman–Crippen LogP) is 0.648. The minimum absolute atomic E-state index is 0.0238. The van der Waals surface area contributed by atoms with Gasteiger partial charge in [-0.15, -0.1) is 0 Å². The van der Waals surface area contributed by atoms with Crippen molar-refractivity contribution in [3.63, 3.8) is 0 Å². The van der Waals surface area contributed by atoms with Gasteiger partial charge in [0, 0.05) is 26.2 Å². The first kappa shape index (κ1) is 14.8. The molecule has 1 rings (SSSR count). The number of amides is 2. The maximum atomic E-state index is 12.2. The number of hydrogen-bond acceptors (Lipinski definition) is 4. The Labute approximate surface area is 111 Å². The normalized spacial score (nSPS) is 10.1. The Morgan fingerprint density at radius 3 is 2.26 bits per heavy atom. The van der Waals surface area contributed by atoms with Gasteiger partial charge in [0.15, 0.2) is 11.5 Å². The van der Waals surface area contributed by atoms with Gasteiger partial charge in [-0.3, -0.25) is 9.59 Å². The maximum absolute atomic E-state index is 12.2. The first-order valence-electron chi connectivity index (χ1n) is 5.88. The minimum atomic E-state index is -0.368. The molecular formula is C13H18N2O4. The number of likely N-dealkylation sites (N-methyl/N-ethyl adjacent to an activating group) is 2. The molecule has 0 fully saturated rings. The molecule has 104 valence electrons. The van der Waals surface area contributed by atoms with Gasteiger partial charge in [0.05, 0.1) is 6.54 Å². The highest BCUT2D eigenvalue weighted by Crippen LogP contribution is 2.25. The molecule has 2 amide bonds. The number of benzene rings is 1. The molecule has 0 aliphatic rings. The number of phenols is 2. The van der Waals surface area contributed by atoms with Gasteiger partial charge < -0.3 is 20.0 Å². The fraction of sp³-hybridized carbons (Fsp3) is 0.385. The maximum Gasteiger partial charge on any atom is 0.254 e. The van der Waals surface area contributed by atoms with E-state index in [-0.39, 0.29) is 35.4 Å². The molecule has 6 heteroatoms. The van der Waals surface area contributed by atoms with E-state index in [1.54, 1.807) is 21.0 Å². The van der Waals surface area contributed by atoms with Gasteiger partial charge in [-0.05, 0) is 25.1 Å². The van der Waals surface area contributed by atoms with Crippen LogP contribution in [0.25, 0.3) is 0 Å². The molecule has 0 unspecified atom stereocenters. The van der Waals surface area contributed by atoms with Crippen LogP contribution in [0.2, 0.25) is 0 Å². The van der Waals surface area contributed by atoms with Gasteiger partial charge in [0.1, 0.15) is 0 Å². The van der Waals surface area contributed by atoms with E-state index in [0.717, 1.165) is 0 Å². The van der Waals surface area contributed by atoms with Crippen LogP contribution in [-0.4, -0.2) is 59.0 Å². The number of rotatable bonds is 4. The van der Waals surface area contributed by atoms with Crippen molar-refractivity contribution in [1.82, 2.24) is 9.80 Å². The van der Waals surface area contributed by atoms with Crippen molar-refractivity contribution in [3.05, 3.63) is 23.8 Å². The zero-order chi connectivity index (χ0) is 14.6. The Bertz CT molecular complexity index is 486. The predicted molar refractivity (Wildman–Crippen MR) is 70.0 cm³/mol. The minimum Gasteiger partial charge on any atom is -0.504 e. The summed E-state index contributed by atoms with van der Waals surface area (Å²) in [5.74, 6) is -1.20. The summed E-state index contributed by atoms with van der Waals surface area (Å²) in [6.45, 7) is 2.12. The molecule has 0 radical (unpaired) electrons. The largest absolute Gasteiger partial charge is 0.504 e. The van der Waals surface area contributed by atoms with Gasteiger partial charge in [-0.2, -0.15) is 0 Å². The summed E-state index contributed by atoms with van der Waals surface area (Å²) in [5, 5.41) is 18.6. The van der Waals surface area contributed by atoms with Crippen molar-refractivity contribution in [1.29, 1.82) is 0 Å². The van der Waals surface area contributed by atoms with E-state index in [4.69, 9.17) is 0 Å². The van der Waals surface area contributed by atoms with Gasteiger partial charge in [0.25, 0.3) is 5.91 Å². The van der Waals surface area contributed by atoms with Crippen molar-refractivity contribution >= 4 is 11.8 Å². The standard InChI is InChI=1S/C13H18N2O4/c1-4-15(8-12(18)14(2)3)13(19)9-5-6-10(16)11(17)7-9/h5-7,16-17H,4,8H2,1-3H3. The fourth-order valence-electron chi connectivity index (χ4n) is 1.47. The quantitative estimate of drug-likeness (QED) is 0.784.